The molecule has 90 valence electrons. The van der Waals surface area contributed by atoms with Crippen molar-refractivity contribution >= 4 is 11.7 Å². The summed E-state index contributed by atoms with van der Waals surface area (Å²) in [5.74, 6) is -0.511. The Bertz CT molecular complexity index is 366. The number of anilines is 1. The summed E-state index contributed by atoms with van der Waals surface area (Å²) in [5, 5.41) is 5.48. The predicted octanol–water partition coefficient (Wildman–Crippen LogP) is 0.452. The first kappa shape index (κ1) is 12.3. The molecule has 0 aliphatic carbocycles. The third-order valence-corrected chi connectivity index (χ3v) is 1.77. The summed E-state index contributed by atoms with van der Waals surface area (Å²) in [6, 6.07) is 0. The van der Waals surface area contributed by atoms with Gasteiger partial charge in [-0.15, -0.1) is 0 Å². The van der Waals surface area contributed by atoms with E-state index in [4.69, 9.17) is 5.73 Å². The van der Waals surface area contributed by atoms with E-state index in [9.17, 15) is 18.0 Å². The van der Waals surface area contributed by atoms with Crippen LogP contribution in [-0.2, 0) is 11.3 Å². The Hall–Kier alpha value is -1.73. The van der Waals surface area contributed by atoms with Gasteiger partial charge in [0.1, 0.15) is 18.9 Å². The van der Waals surface area contributed by atoms with Gasteiger partial charge in [-0.25, -0.2) is 0 Å². The summed E-state index contributed by atoms with van der Waals surface area (Å²) >= 11 is 0. The Kier molecular flexibility index (Phi) is 3.41. The second-order valence-corrected chi connectivity index (χ2v) is 3.29. The minimum Gasteiger partial charge on any atom is -0.382 e. The summed E-state index contributed by atoms with van der Waals surface area (Å²) < 4.78 is 36.5. The fourth-order valence-corrected chi connectivity index (χ4v) is 1.02. The van der Waals surface area contributed by atoms with Crippen molar-refractivity contribution in [2.45, 2.75) is 19.6 Å². The lowest BCUT2D eigenvalue weighted by Crippen LogP contribution is -2.35. The first-order chi connectivity index (χ1) is 7.28. The van der Waals surface area contributed by atoms with Crippen LogP contribution in [0.25, 0.3) is 0 Å². The van der Waals surface area contributed by atoms with Crippen LogP contribution < -0.4 is 11.1 Å². The van der Waals surface area contributed by atoms with Crippen LogP contribution in [0.2, 0.25) is 0 Å². The number of carbonyl (C=O) groups excluding carboxylic acids is 1. The quantitative estimate of drug-likeness (QED) is 0.800. The lowest BCUT2D eigenvalue weighted by molar-refractivity contribution is -0.138. The van der Waals surface area contributed by atoms with Crippen molar-refractivity contribution in [2.24, 2.45) is 0 Å². The number of nitrogen functional groups attached to an aromatic ring is 1. The fraction of sp³-hybridized carbons (Fsp3) is 0.500. The minimum atomic E-state index is -4.41. The molecule has 0 radical (unpaired) electrons. The van der Waals surface area contributed by atoms with Crippen LogP contribution in [0, 0.1) is 6.92 Å². The van der Waals surface area contributed by atoms with E-state index in [0.29, 0.717) is 5.56 Å². The van der Waals surface area contributed by atoms with Crippen molar-refractivity contribution in [1.82, 2.24) is 15.1 Å². The molecule has 0 aliphatic heterocycles. The molecule has 1 aromatic rings. The Morgan fingerprint density at radius 1 is 1.62 bits per heavy atom. The maximum atomic E-state index is 11.8. The molecule has 0 bridgehead atoms. The van der Waals surface area contributed by atoms with E-state index in [0.717, 1.165) is 0 Å². The first-order valence-corrected chi connectivity index (χ1v) is 4.41. The number of nitrogens with zero attached hydrogens (tertiary/aromatic N) is 2. The van der Waals surface area contributed by atoms with Crippen LogP contribution in [0.1, 0.15) is 5.56 Å². The maximum absolute atomic E-state index is 11.8. The van der Waals surface area contributed by atoms with Gasteiger partial charge in [0.15, 0.2) is 0 Å². The van der Waals surface area contributed by atoms with Crippen LogP contribution in [-0.4, -0.2) is 28.4 Å². The van der Waals surface area contributed by atoms with Crippen molar-refractivity contribution in [2.75, 3.05) is 12.3 Å². The van der Waals surface area contributed by atoms with Gasteiger partial charge in [0.05, 0.1) is 0 Å². The van der Waals surface area contributed by atoms with E-state index >= 15 is 0 Å². The number of aromatic nitrogens is 2. The SMILES string of the molecule is Cc1cn(CC(=O)NCC(F)(F)F)nc1N. The van der Waals surface area contributed by atoms with E-state index in [1.807, 2.05) is 0 Å². The normalized spacial score (nSPS) is 11.5. The van der Waals surface area contributed by atoms with Crippen molar-refractivity contribution in [1.29, 1.82) is 0 Å². The molecule has 0 atom stereocenters. The topological polar surface area (TPSA) is 72.9 Å². The zero-order valence-corrected chi connectivity index (χ0v) is 8.51. The molecule has 0 aliphatic rings. The summed E-state index contributed by atoms with van der Waals surface area (Å²) in [6.07, 6.45) is -2.92. The van der Waals surface area contributed by atoms with Gasteiger partial charge >= 0.3 is 6.18 Å². The van der Waals surface area contributed by atoms with Crippen LogP contribution in [0.15, 0.2) is 6.20 Å². The van der Waals surface area contributed by atoms with Gasteiger partial charge in [0.25, 0.3) is 0 Å². The van der Waals surface area contributed by atoms with Crippen LogP contribution in [0.3, 0.4) is 0 Å². The third-order valence-electron chi connectivity index (χ3n) is 1.77. The molecule has 0 saturated heterocycles. The second-order valence-electron chi connectivity index (χ2n) is 3.29. The van der Waals surface area contributed by atoms with Crippen molar-refractivity contribution < 1.29 is 18.0 Å². The minimum absolute atomic E-state index is 0.253. The second kappa shape index (κ2) is 4.42. The smallest absolute Gasteiger partial charge is 0.382 e. The van der Waals surface area contributed by atoms with Crippen molar-refractivity contribution in [3.8, 4) is 0 Å². The highest BCUT2D eigenvalue weighted by molar-refractivity contribution is 5.75. The van der Waals surface area contributed by atoms with Crippen molar-refractivity contribution in [3.63, 3.8) is 0 Å². The number of aryl methyl sites for hydroxylation is 1. The fourth-order valence-electron chi connectivity index (χ4n) is 1.02. The number of nitrogens with two attached hydrogens (primary N) is 1. The zero-order valence-electron chi connectivity index (χ0n) is 8.51. The molecule has 1 rings (SSSR count). The van der Waals surface area contributed by atoms with Gasteiger partial charge in [0.2, 0.25) is 5.91 Å². The molecule has 0 aromatic carbocycles. The number of halogens is 3. The standard InChI is InChI=1S/C8H11F3N4O/c1-5-2-15(14-7(5)12)3-6(16)13-4-8(9,10)11/h2H,3-4H2,1H3,(H2,12,14)(H,13,16). The number of hydrogen-bond acceptors (Lipinski definition) is 3. The number of hydrogen-bond donors (Lipinski definition) is 2. The van der Waals surface area contributed by atoms with Crippen LogP contribution in [0.5, 0.6) is 0 Å². The van der Waals surface area contributed by atoms with Crippen molar-refractivity contribution in [3.05, 3.63) is 11.8 Å². The highest BCUT2D eigenvalue weighted by Gasteiger charge is 2.27. The molecule has 16 heavy (non-hydrogen) atoms. The summed E-state index contributed by atoms with van der Waals surface area (Å²) in [5.41, 5.74) is 6.09. The third kappa shape index (κ3) is 3.79. The highest BCUT2D eigenvalue weighted by Crippen LogP contribution is 2.12. The predicted molar refractivity (Wildman–Crippen MR) is 50.4 cm³/mol. The molecule has 0 unspecified atom stereocenters. The lowest BCUT2D eigenvalue weighted by Gasteiger charge is -2.07. The number of amides is 1. The molecule has 0 fully saturated rings. The lowest BCUT2D eigenvalue weighted by atomic mass is 10.4. The first-order valence-electron chi connectivity index (χ1n) is 4.41. The highest BCUT2D eigenvalue weighted by atomic mass is 19.4. The Morgan fingerprint density at radius 3 is 2.69 bits per heavy atom. The van der Waals surface area contributed by atoms with E-state index in [1.165, 1.54) is 10.9 Å². The molecule has 1 amide bonds. The Labute approximate surface area is 89.4 Å². The molecule has 0 spiro atoms. The molecule has 0 saturated carbocycles. The van der Waals surface area contributed by atoms with Gasteiger partial charge in [-0.2, -0.15) is 18.3 Å². The summed E-state index contributed by atoms with van der Waals surface area (Å²) in [6.45, 7) is 0.0577. The van der Waals surface area contributed by atoms with Crippen LogP contribution >= 0.6 is 0 Å². The summed E-state index contributed by atoms with van der Waals surface area (Å²) in [7, 11) is 0. The molecule has 8 heteroatoms. The van der Waals surface area contributed by atoms with Gasteiger partial charge in [-0.3, -0.25) is 9.48 Å². The summed E-state index contributed by atoms with van der Waals surface area (Å²) in [4.78, 5) is 11.1. The van der Waals surface area contributed by atoms with Gasteiger partial charge in [-0.05, 0) is 6.92 Å². The molecular weight excluding hydrogens is 225 g/mol. The van der Waals surface area contributed by atoms with Gasteiger partial charge < -0.3 is 11.1 Å². The van der Waals surface area contributed by atoms with E-state index < -0.39 is 18.6 Å². The monoisotopic (exact) mass is 236 g/mol. The Morgan fingerprint density at radius 2 is 2.25 bits per heavy atom. The zero-order chi connectivity index (χ0) is 12.3. The van der Waals surface area contributed by atoms with Crippen LogP contribution in [0.4, 0.5) is 19.0 Å². The number of nitrogens with one attached hydrogen (secondary N) is 1. The van der Waals surface area contributed by atoms with E-state index in [1.54, 1.807) is 12.2 Å². The average molecular weight is 236 g/mol. The molecular formula is C8H11F3N4O. The molecule has 3 N–H and O–H groups in total. The van der Waals surface area contributed by atoms with Gasteiger partial charge in [0, 0.05) is 11.8 Å². The van der Waals surface area contributed by atoms with E-state index in [-0.39, 0.29) is 12.4 Å². The number of carbonyl (C=O) groups is 1. The van der Waals surface area contributed by atoms with Gasteiger partial charge in [-0.1, -0.05) is 0 Å². The maximum Gasteiger partial charge on any atom is 0.405 e. The largest absolute Gasteiger partial charge is 0.405 e. The molecule has 1 aromatic heterocycles. The van der Waals surface area contributed by atoms with E-state index in [2.05, 4.69) is 5.10 Å². The molecule has 1 heterocycles. The molecule has 5 nitrogen and oxygen atoms in total. The average Bonchev–Trinajstić information content (AvgIpc) is 2.41. The number of alkyl halides is 3. The Balaban J connectivity index is 2.46. The number of rotatable bonds is 3.